The Bertz CT molecular complexity index is 1210. The fourth-order valence-electron chi connectivity index (χ4n) is 3.01. The first-order valence-electron chi connectivity index (χ1n) is 8.60. The van der Waals surface area contributed by atoms with Gasteiger partial charge in [0.25, 0.3) is 10.0 Å². The van der Waals surface area contributed by atoms with E-state index in [4.69, 9.17) is 0 Å². The highest BCUT2D eigenvalue weighted by molar-refractivity contribution is 7.92. The Hall–Kier alpha value is -3.12. The first-order chi connectivity index (χ1) is 13.0. The van der Waals surface area contributed by atoms with Crippen LogP contribution in [0.15, 0.2) is 84.0 Å². The monoisotopic (exact) mass is 377 g/mol. The lowest BCUT2D eigenvalue weighted by Crippen LogP contribution is -2.12. The van der Waals surface area contributed by atoms with Gasteiger partial charge in [0.2, 0.25) is 0 Å². The molecule has 0 bridgehead atoms. The zero-order valence-corrected chi connectivity index (χ0v) is 15.6. The Kier molecular flexibility index (Phi) is 4.41. The average molecular weight is 377 g/mol. The van der Waals surface area contributed by atoms with Crippen molar-refractivity contribution in [1.29, 1.82) is 0 Å². The number of aryl methyl sites for hydroxylation is 1. The van der Waals surface area contributed by atoms with E-state index in [0.717, 1.165) is 16.3 Å². The van der Waals surface area contributed by atoms with Crippen molar-refractivity contribution in [1.82, 2.24) is 9.78 Å². The lowest BCUT2D eigenvalue weighted by molar-refractivity contribution is 0.601. The molecule has 1 N–H and O–H groups in total. The van der Waals surface area contributed by atoms with Crippen molar-refractivity contribution in [3.63, 3.8) is 0 Å². The van der Waals surface area contributed by atoms with E-state index in [1.165, 1.54) is 11.8 Å². The van der Waals surface area contributed by atoms with Crippen molar-refractivity contribution in [2.75, 3.05) is 4.72 Å². The Morgan fingerprint density at radius 3 is 2.52 bits per heavy atom. The standard InChI is InChI=1S/C21H19N3O2S/c1-16-6-2-3-9-19(16)14-24-15-20(13-22-24)23-27(25,26)21-11-10-17-7-4-5-8-18(17)12-21/h2-13,15,23H,14H2,1H3. The fraction of sp³-hybridized carbons (Fsp3) is 0.0952. The van der Waals surface area contributed by atoms with Crippen LogP contribution in [0.3, 0.4) is 0 Å². The maximum atomic E-state index is 12.7. The molecule has 3 aromatic carbocycles. The summed E-state index contributed by atoms with van der Waals surface area (Å²) >= 11 is 0. The van der Waals surface area contributed by atoms with E-state index in [1.807, 2.05) is 61.5 Å². The van der Waals surface area contributed by atoms with Crippen molar-refractivity contribution in [3.8, 4) is 0 Å². The second kappa shape index (κ2) is 6.89. The van der Waals surface area contributed by atoms with E-state index in [-0.39, 0.29) is 4.90 Å². The van der Waals surface area contributed by atoms with Gasteiger partial charge in [-0.3, -0.25) is 9.40 Å². The number of hydrogen-bond donors (Lipinski definition) is 1. The van der Waals surface area contributed by atoms with Crippen molar-refractivity contribution in [3.05, 3.63) is 90.3 Å². The first-order valence-corrected chi connectivity index (χ1v) is 10.1. The summed E-state index contributed by atoms with van der Waals surface area (Å²) in [5, 5.41) is 6.16. The van der Waals surface area contributed by atoms with Crippen LogP contribution in [0.25, 0.3) is 10.8 Å². The number of benzene rings is 3. The highest BCUT2D eigenvalue weighted by Crippen LogP contribution is 2.21. The molecule has 0 fully saturated rings. The van der Waals surface area contributed by atoms with Gasteiger partial charge < -0.3 is 0 Å². The number of nitrogens with zero attached hydrogens (tertiary/aromatic N) is 2. The molecule has 0 radical (unpaired) electrons. The molecule has 27 heavy (non-hydrogen) atoms. The molecule has 6 heteroatoms. The molecule has 0 unspecified atom stereocenters. The van der Waals surface area contributed by atoms with Gasteiger partial charge in [0.05, 0.1) is 23.3 Å². The smallest absolute Gasteiger partial charge is 0.262 e. The maximum Gasteiger partial charge on any atom is 0.262 e. The van der Waals surface area contributed by atoms with Gasteiger partial charge in [-0.05, 0) is 41.0 Å². The predicted molar refractivity (Wildman–Crippen MR) is 107 cm³/mol. The molecule has 4 aromatic rings. The summed E-state index contributed by atoms with van der Waals surface area (Å²) < 4.78 is 29.8. The number of fused-ring (bicyclic) bond motifs is 1. The van der Waals surface area contributed by atoms with Gasteiger partial charge in [-0.25, -0.2) is 8.42 Å². The molecule has 1 aromatic heterocycles. The molecule has 0 saturated carbocycles. The van der Waals surface area contributed by atoms with Crippen molar-refractivity contribution in [2.45, 2.75) is 18.4 Å². The zero-order valence-electron chi connectivity index (χ0n) is 14.8. The summed E-state index contributed by atoms with van der Waals surface area (Å²) in [5.41, 5.74) is 2.76. The number of hydrogen-bond acceptors (Lipinski definition) is 3. The molecule has 1 heterocycles. The summed E-state index contributed by atoms with van der Waals surface area (Å²) in [6.07, 6.45) is 3.22. The highest BCUT2D eigenvalue weighted by atomic mass is 32.2. The first kappa shape index (κ1) is 17.3. The van der Waals surface area contributed by atoms with Crippen LogP contribution < -0.4 is 4.72 Å². The van der Waals surface area contributed by atoms with E-state index in [2.05, 4.69) is 9.82 Å². The molecule has 136 valence electrons. The predicted octanol–water partition coefficient (Wildman–Crippen LogP) is 4.19. The molecule has 0 atom stereocenters. The summed E-state index contributed by atoms with van der Waals surface area (Å²) in [7, 11) is -3.68. The molecular formula is C21H19N3O2S. The van der Waals surface area contributed by atoms with Crippen molar-refractivity contribution < 1.29 is 8.42 Å². The summed E-state index contributed by atoms with van der Waals surface area (Å²) in [5.74, 6) is 0. The largest absolute Gasteiger partial charge is 0.276 e. The number of rotatable bonds is 5. The number of aromatic nitrogens is 2. The molecule has 0 aliphatic carbocycles. The molecule has 0 amide bonds. The molecule has 0 aliphatic rings. The van der Waals surface area contributed by atoms with Gasteiger partial charge in [-0.15, -0.1) is 0 Å². The SMILES string of the molecule is Cc1ccccc1Cn1cc(NS(=O)(=O)c2ccc3ccccc3c2)cn1. The van der Waals surface area contributed by atoms with E-state index in [9.17, 15) is 8.42 Å². The van der Waals surface area contributed by atoms with Crippen LogP contribution in [0.1, 0.15) is 11.1 Å². The Labute approximate surface area is 158 Å². The second-order valence-corrected chi connectivity index (χ2v) is 8.15. The molecular weight excluding hydrogens is 358 g/mol. The number of anilines is 1. The summed E-state index contributed by atoms with van der Waals surface area (Å²) in [6, 6.07) is 20.8. The summed E-state index contributed by atoms with van der Waals surface area (Å²) in [6.45, 7) is 2.63. The van der Waals surface area contributed by atoms with Gasteiger partial charge in [0.1, 0.15) is 0 Å². The van der Waals surface area contributed by atoms with Crippen LogP contribution in [0, 0.1) is 6.92 Å². The Balaban J connectivity index is 1.56. The molecule has 0 aliphatic heterocycles. The maximum absolute atomic E-state index is 12.7. The lowest BCUT2D eigenvalue weighted by Gasteiger charge is -2.07. The molecule has 0 saturated heterocycles. The van der Waals surface area contributed by atoms with Gasteiger partial charge in [-0.1, -0.05) is 54.6 Å². The third-order valence-electron chi connectivity index (χ3n) is 4.51. The third kappa shape index (κ3) is 3.71. The minimum Gasteiger partial charge on any atom is -0.276 e. The zero-order chi connectivity index (χ0) is 18.9. The van der Waals surface area contributed by atoms with Crippen molar-refractivity contribution in [2.24, 2.45) is 0 Å². The van der Waals surface area contributed by atoms with Crippen LogP contribution in [0.4, 0.5) is 5.69 Å². The third-order valence-corrected chi connectivity index (χ3v) is 5.89. The lowest BCUT2D eigenvalue weighted by atomic mass is 10.1. The normalized spacial score (nSPS) is 11.6. The van der Waals surface area contributed by atoms with E-state index in [1.54, 1.807) is 23.0 Å². The minimum absolute atomic E-state index is 0.229. The molecule has 5 nitrogen and oxygen atoms in total. The average Bonchev–Trinajstić information content (AvgIpc) is 3.09. The Morgan fingerprint density at radius 1 is 0.963 bits per heavy atom. The van der Waals surface area contributed by atoms with E-state index in [0.29, 0.717) is 12.2 Å². The second-order valence-electron chi connectivity index (χ2n) is 6.47. The Morgan fingerprint density at radius 2 is 1.70 bits per heavy atom. The highest BCUT2D eigenvalue weighted by Gasteiger charge is 2.15. The number of sulfonamides is 1. The van der Waals surface area contributed by atoms with Gasteiger partial charge in [0.15, 0.2) is 0 Å². The summed E-state index contributed by atoms with van der Waals surface area (Å²) in [4.78, 5) is 0.229. The van der Waals surface area contributed by atoms with Crippen molar-refractivity contribution >= 4 is 26.5 Å². The van der Waals surface area contributed by atoms with Crippen LogP contribution in [-0.4, -0.2) is 18.2 Å². The molecule has 0 spiro atoms. The minimum atomic E-state index is -3.68. The van der Waals surface area contributed by atoms with Crippen LogP contribution in [0.2, 0.25) is 0 Å². The topological polar surface area (TPSA) is 64.0 Å². The van der Waals surface area contributed by atoms with Gasteiger partial charge in [-0.2, -0.15) is 5.10 Å². The van der Waals surface area contributed by atoms with Gasteiger partial charge in [0, 0.05) is 6.20 Å². The van der Waals surface area contributed by atoms with E-state index >= 15 is 0 Å². The van der Waals surface area contributed by atoms with Crippen LogP contribution in [-0.2, 0) is 16.6 Å². The van der Waals surface area contributed by atoms with Crippen LogP contribution >= 0.6 is 0 Å². The quantitative estimate of drug-likeness (QED) is 0.567. The fourth-order valence-corrected chi connectivity index (χ4v) is 4.08. The van der Waals surface area contributed by atoms with E-state index < -0.39 is 10.0 Å². The molecule has 4 rings (SSSR count). The van der Waals surface area contributed by atoms with Crippen LogP contribution in [0.5, 0.6) is 0 Å². The number of nitrogens with one attached hydrogen (secondary N) is 1. The van der Waals surface area contributed by atoms with Gasteiger partial charge >= 0.3 is 0 Å².